The number of amides is 2. The van der Waals surface area contributed by atoms with Crippen molar-refractivity contribution in [2.24, 2.45) is 11.5 Å². The van der Waals surface area contributed by atoms with Gasteiger partial charge in [-0.2, -0.15) is 0 Å². The Kier molecular flexibility index (Phi) is 3.66. The number of carbonyl (C=O) groups excluding carboxylic acids is 2. The molecule has 0 saturated carbocycles. The van der Waals surface area contributed by atoms with Gasteiger partial charge in [-0.25, -0.2) is 0 Å². The maximum atomic E-state index is 10.9. The Labute approximate surface area is 92.4 Å². The zero-order valence-corrected chi connectivity index (χ0v) is 8.51. The molecule has 0 fully saturated rings. The van der Waals surface area contributed by atoms with E-state index >= 15 is 0 Å². The molecule has 0 saturated heterocycles. The molecule has 1 aromatic rings. The first-order valence-electron chi connectivity index (χ1n) is 4.58. The summed E-state index contributed by atoms with van der Waals surface area (Å²) in [5, 5.41) is 9.32. The summed E-state index contributed by atoms with van der Waals surface area (Å²) in [7, 11) is 0. The minimum atomic E-state index is -0.706. The maximum absolute atomic E-state index is 10.9. The quantitative estimate of drug-likeness (QED) is 0.682. The molecule has 0 atom stereocenters. The van der Waals surface area contributed by atoms with Gasteiger partial charge in [-0.05, 0) is 17.7 Å². The van der Waals surface area contributed by atoms with Gasteiger partial charge in [0.2, 0.25) is 5.91 Å². The van der Waals surface area contributed by atoms with Crippen molar-refractivity contribution < 1.29 is 14.7 Å². The standard InChI is InChI=1S/C11H12N2O3/c12-10(15)3-1-2-7-4-5-9(14)8(6-7)11(13)16/h1-2,4-6,14H,3H2,(H2,12,15)(H2,13,16). The van der Waals surface area contributed by atoms with E-state index in [0.717, 1.165) is 0 Å². The third kappa shape index (κ3) is 3.13. The number of hydrogen-bond acceptors (Lipinski definition) is 3. The van der Waals surface area contributed by atoms with Crippen LogP contribution in [0.5, 0.6) is 5.75 Å². The first-order chi connectivity index (χ1) is 7.50. The highest BCUT2D eigenvalue weighted by atomic mass is 16.3. The van der Waals surface area contributed by atoms with Gasteiger partial charge in [-0.15, -0.1) is 0 Å². The molecular formula is C11H12N2O3. The van der Waals surface area contributed by atoms with Crippen molar-refractivity contribution in [2.45, 2.75) is 6.42 Å². The van der Waals surface area contributed by atoms with Crippen molar-refractivity contribution in [1.82, 2.24) is 0 Å². The van der Waals surface area contributed by atoms with Gasteiger partial charge in [0.25, 0.3) is 5.91 Å². The van der Waals surface area contributed by atoms with Gasteiger partial charge < -0.3 is 16.6 Å². The van der Waals surface area contributed by atoms with E-state index in [0.29, 0.717) is 5.56 Å². The molecule has 0 bridgehead atoms. The monoisotopic (exact) mass is 220 g/mol. The van der Waals surface area contributed by atoms with Gasteiger partial charge in [0.1, 0.15) is 5.75 Å². The van der Waals surface area contributed by atoms with Crippen LogP contribution in [-0.2, 0) is 4.79 Å². The third-order valence-electron chi connectivity index (χ3n) is 1.92. The Bertz CT molecular complexity index is 453. The molecule has 0 aliphatic heterocycles. The second-order valence-corrected chi connectivity index (χ2v) is 3.21. The number of hydrogen-bond donors (Lipinski definition) is 3. The summed E-state index contributed by atoms with van der Waals surface area (Å²) in [6, 6.07) is 4.40. The summed E-state index contributed by atoms with van der Waals surface area (Å²) < 4.78 is 0. The van der Waals surface area contributed by atoms with Crippen LogP contribution in [0.2, 0.25) is 0 Å². The third-order valence-corrected chi connectivity index (χ3v) is 1.92. The van der Waals surface area contributed by atoms with Crippen molar-refractivity contribution in [3.05, 3.63) is 35.4 Å². The molecule has 16 heavy (non-hydrogen) atoms. The Morgan fingerprint density at radius 1 is 1.31 bits per heavy atom. The minimum Gasteiger partial charge on any atom is -0.507 e. The molecule has 0 spiro atoms. The highest BCUT2D eigenvalue weighted by Crippen LogP contribution is 2.18. The van der Waals surface area contributed by atoms with Crippen LogP contribution >= 0.6 is 0 Å². The van der Waals surface area contributed by atoms with Gasteiger partial charge in [-0.1, -0.05) is 18.2 Å². The molecule has 5 N–H and O–H groups in total. The Hall–Kier alpha value is -2.30. The lowest BCUT2D eigenvalue weighted by Crippen LogP contribution is -2.11. The van der Waals surface area contributed by atoms with Gasteiger partial charge >= 0.3 is 0 Å². The molecule has 0 aliphatic rings. The van der Waals surface area contributed by atoms with E-state index in [1.807, 2.05) is 0 Å². The zero-order valence-electron chi connectivity index (χ0n) is 8.51. The summed E-state index contributed by atoms with van der Waals surface area (Å²) in [5.74, 6) is -1.31. The van der Waals surface area contributed by atoms with Gasteiger partial charge in [0, 0.05) is 6.42 Å². The number of aromatic hydroxyl groups is 1. The number of rotatable bonds is 4. The van der Waals surface area contributed by atoms with Gasteiger partial charge in [-0.3, -0.25) is 9.59 Å². The maximum Gasteiger partial charge on any atom is 0.252 e. The normalized spacial score (nSPS) is 10.5. The smallest absolute Gasteiger partial charge is 0.252 e. The van der Waals surface area contributed by atoms with Crippen LogP contribution in [0, 0.1) is 0 Å². The fourth-order valence-corrected chi connectivity index (χ4v) is 1.17. The fraction of sp³-hybridized carbons (Fsp3) is 0.0909. The summed E-state index contributed by atoms with van der Waals surface area (Å²) in [5.41, 5.74) is 10.7. The van der Waals surface area contributed by atoms with E-state index in [-0.39, 0.29) is 17.7 Å². The minimum absolute atomic E-state index is 0.0428. The van der Waals surface area contributed by atoms with Crippen molar-refractivity contribution in [1.29, 1.82) is 0 Å². The molecule has 2 amide bonds. The molecule has 5 nitrogen and oxygen atoms in total. The lowest BCUT2D eigenvalue weighted by molar-refractivity contribution is -0.117. The number of benzene rings is 1. The lowest BCUT2D eigenvalue weighted by atomic mass is 10.1. The molecule has 1 rings (SSSR count). The van der Waals surface area contributed by atoms with Crippen molar-refractivity contribution in [3.63, 3.8) is 0 Å². The first-order valence-corrected chi connectivity index (χ1v) is 4.58. The molecule has 0 heterocycles. The van der Waals surface area contributed by atoms with Crippen LogP contribution in [-0.4, -0.2) is 16.9 Å². The van der Waals surface area contributed by atoms with Crippen molar-refractivity contribution in [3.8, 4) is 5.75 Å². The zero-order chi connectivity index (χ0) is 12.1. The average molecular weight is 220 g/mol. The van der Waals surface area contributed by atoms with E-state index in [9.17, 15) is 14.7 Å². The van der Waals surface area contributed by atoms with Crippen LogP contribution in [0.3, 0.4) is 0 Å². The lowest BCUT2D eigenvalue weighted by Gasteiger charge is -2.01. The number of phenols is 1. The predicted octanol–water partition coefficient (Wildman–Crippen LogP) is 0.380. The Morgan fingerprint density at radius 2 is 2.00 bits per heavy atom. The molecule has 84 valence electrons. The van der Waals surface area contributed by atoms with Crippen LogP contribution in [0.4, 0.5) is 0 Å². The average Bonchev–Trinajstić information content (AvgIpc) is 2.19. The van der Waals surface area contributed by atoms with E-state index in [4.69, 9.17) is 11.5 Å². The molecule has 0 aliphatic carbocycles. The largest absolute Gasteiger partial charge is 0.507 e. The van der Waals surface area contributed by atoms with E-state index < -0.39 is 11.8 Å². The summed E-state index contributed by atoms with van der Waals surface area (Å²) in [6.45, 7) is 0. The molecule has 1 aromatic carbocycles. The molecule has 0 aromatic heterocycles. The van der Waals surface area contributed by atoms with Gasteiger partial charge in [0.05, 0.1) is 5.56 Å². The van der Waals surface area contributed by atoms with Crippen LogP contribution in [0.25, 0.3) is 6.08 Å². The van der Waals surface area contributed by atoms with E-state index in [2.05, 4.69) is 0 Å². The SMILES string of the molecule is NC(=O)CC=Cc1ccc(O)c(C(N)=O)c1. The highest BCUT2D eigenvalue weighted by molar-refractivity contribution is 5.96. The molecule has 0 radical (unpaired) electrons. The van der Waals surface area contributed by atoms with Crippen LogP contribution in [0.1, 0.15) is 22.3 Å². The second kappa shape index (κ2) is 4.97. The van der Waals surface area contributed by atoms with Gasteiger partial charge in [0.15, 0.2) is 0 Å². The Balaban J connectivity index is 2.91. The molecule has 5 heteroatoms. The van der Waals surface area contributed by atoms with Crippen LogP contribution < -0.4 is 11.5 Å². The second-order valence-electron chi connectivity index (χ2n) is 3.21. The Morgan fingerprint density at radius 3 is 2.56 bits per heavy atom. The molecule has 0 unspecified atom stereocenters. The number of primary amides is 2. The predicted molar refractivity (Wildman–Crippen MR) is 59.5 cm³/mol. The van der Waals surface area contributed by atoms with Crippen molar-refractivity contribution >= 4 is 17.9 Å². The first kappa shape index (κ1) is 11.8. The van der Waals surface area contributed by atoms with E-state index in [1.54, 1.807) is 18.2 Å². The fourth-order valence-electron chi connectivity index (χ4n) is 1.17. The highest BCUT2D eigenvalue weighted by Gasteiger charge is 2.06. The summed E-state index contributed by atoms with van der Waals surface area (Å²) in [6.07, 6.45) is 3.31. The summed E-state index contributed by atoms with van der Waals surface area (Å²) in [4.78, 5) is 21.4. The molecular weight excluding hydrogens is 208 g/mol. The van der Waals surface area contributed by atoms with Crippen LogP contribution in [0.15, 0.2) is 24.3 Å². The topological polar surface area (TPSA) is 106 Å². The number of nitrogens with two attached hydrogens (primary N) is 2. The van der Waals surface area contributed by atoms with Crippen molar-refractivity contribution in [2.75, 3.05) is 0 Å². The number of carbonyl (C=O) groups is 2. The van der Waals surface area contributed by atoms with E-state index in [1.165, 1.54) is 12.1 Å². The summed E-state index contributed by atoms with van der Waals surface area (Å²) >= 11 is 0.